The predicted molar refractivity (Wildman–Crippen MR) is 131 cm³/mol. The molecule has 0 radical (unpaired) electrons. The molecule has 0 bridgehead atoms. The van der Waals surface area contributed by atoms with Gasteiger partial charge in [0.25, 0.3) is 0 Å². The van der Waals surface area contributed by atoms with Gasteiger partial charge in [0, 0.05) is 17.7 Å². The highest BCUT2D eigenvalue weighted by Crippen LogP contribution is 2.27. The Morgan fingerprint density at radius 2 is 1.74 bits per heavy atom. The van der Waals surface area contributed by atoms with Crippen molar-refractivity contribution in [3.05, 3.63) is 96.1 Å². The minimum absolute atomic E-state index is 0.0120. The number of benzene rings is 2. The van der Waals surface area contributed by atoms with E-state index in [1.807, 2.05) is 48.5 Å². The fourth-order valence-electron chi connectivity index (χ4n) is 4.41. The topological polar surface area (TPSA) is 54.5 Å². The first-order valence-electron chi connectivity index (χ1n) is 11.8. The molecule has 1 atom stereocenters. The SMILES string of the molecule is CC(C)(COc1ccccc1)N1CCC(C(=O)NC(c2ccc(F)cc2)c2ccccn2)CC1. The summed E-state index contributed by atoms with van der Waals surface area (Å²) in [4.78, 5) is 20.1. The fraction of sp³-hybridized carbons (Fsp3) is 0.357. The number of likely N-dealkylation sites (tertiary alicyclic amines) is 1. The molecule has 5 nitrogen and oxygen atoms in total. The van der Waals surface area contributed by atoms with Gasteiger partial charge < -0.3 is 10.1 Å². The molecular weight excluding hydrogens is 429 g/mol. The third-order valence-corrected chi connectivity index (χ3v) is 6.53. The zero-order chi connectivity index (χ0) is 24.0. The number of pyridine rings is 1. The van der Waals surface area contributed by atoms with Crippen LogP contribution in [0.3, 0.4) is 0 Å². The van der Waals surface area contributed by atoms with Crippen LogP contribution in [-0.4, -0.2) is 41.0 Å². The van der Waals surface area contributed by atoms with Crippen LogP contribution in [0.15, 0.2) is 79.0 Å². The number of carbonyl (C=O) groups is 1. The Kier molecular flexibility index (Phi) is 7.58. The molecular formula is C28H32FN3O2. The van der Waals surface area contributed by atoms with E-state index in [-0.39, 0.29) is 23.2 Å². The summed E-state index contributed by atoms with van der Waals surface area (Å²) in [6.07, 6.45) is 3.26. The van der Waals surface area contributed by atoms with Crippen LogP contribution < -0.4 is 10.1 Å². The number of ether oxygens (including phenoxy) is 1. The number of nitrogens with zero attached hydrogens (tertiary/aromatic N) is 2. The average molecular weight is 462 g/mol. The van der Waals surface area contributed by atoms with Crippen LogP contribution in [0.25, 0.3) is 0 Å². The van der Waals surface area contributed by atoms with Crippen molar-refractivity contribution in [3.63, 3.8) is 0 Å². The lowest BCUT2D eigenvalue weighted by molar-refractivity contribution is -0.127. The van der Waals surface area contributed by atoms with E-state index in [1.54, 1.807) is 18.3 Å². The van der Waals surface area contributed by atoms with Crippen molar-refractivity contribution < 1.29 is 13.9 Å². The van der Waals surface area contributed by atoms with Crippen molar-refractivity contribution in [2.24, 2.45) is 5.92 Å². The third-order valence-electron chi connectivity index (χ3n) is 6.53. The van der Waals surface area contributed by atoms with Gasteiger partial charge in [0.15, 0.2) is 0 Å². The lowest BCUT2D eigenvalue weighted by Crippen LogP contribution is -2.53. The van der Waals surface area contributed by atoms with Gasteiger partial charge in [-0.2, -0.15) is 0 Å². The molecule has 2 aromatic carbocycles. The van der Waals surface area contributed by atoms with E-state index in [4.69, 9.17) is 4.74 Å². The Morgan fingerprint density at radius 1 is 1.06 bits per heavy atom. The maximum absolute atomic E-state index is 13.5. The summed E-state index contributed by atoms with van der Waals surface area (Å²) in [6.45, 7) is 6.60. The Morgan fingerprint density at radius 3 is 2.38 bits per heavy atom. The van der Waals surface area contributed by atoms with E-state index in [1.165, 1.54) is 12.1 Å². The minimum Gasteiger partial charge on any atom is -0.492 e. The highest BCUT2D eigenvalue weighted by Gasteiger charge is 2.34. The van der Waals surface area contributed by atoms with Crippen LogP contribution in [-0.2, 0) is 4.79 Å². The lowest BCUT2D eigenvalue weighted by Gasteiger charge is -2.42. The Bertz CT molecular complexity index is 1050. The van der Waals surface area contributed by atoms with Crippen LogP contribution >= 0.6 is 0 Å². The second-order valence-corrected chi connectivity index (χ2v) is 9.42. The summed E-state index contributed by atoms with van der Waals surface area (Å²) in [7, 11) is 0. The van der Waals surface area contributed by atoms with Crippen molar-refractivity contribution >= 4 is 5.91 Å². The third kappa shape index (κ3) is 6.00. The lowest BCUT2D eigenvalue weighted by atomic mass is 9.91. The number of piperidine rings is 1. The zero-order valence-corrected chi connectivity index (χ0v) is 19.8. The van der Waals surface area contributed by atoms with E-state index < -0.39 is 6.04 Å². The standard InChI is InChI=1S/C28H32FN3O2/c1-28(2,20-34-24-8-4-3-5-9-24)32-18-15-22(16-19-32)27(33)31-26(25-10-6-7-17-30-25)21-11-13-23(29)14-12-21/h3-14,17,22,26H,15-16,18-20H2,1-2H3,(H,31,33). The van der Waals surface area contributed by atoms with Crippen molar-refractivity contribution in [1.82, 2.24) is 15.2 Å². The second-order valence-electron chi connectivity index (χ2n) is 9.42. The molecule has 0 saturated carbocycles. The summed E-state index contributed by atoms with van der Waals surface area (Å²) < 4.78 is 19.5. The summed E-state index contributed by atoms with van der Waals surface area (Å²) in [6, 6.07) is 21.3. The number of rotatable bonds is 8. The number of hydrogen-bond acceptors (Lipinski definition) is 4. The molecule has 4 rings (SSSR count). The molecule has 6 heteroatoms. The van der Waals surface area contributed by atoms with E-state index in [0.717, 1.165) is 42.9 Å². The van der Waals surface area contributed by atoms with Crippen LogP contribution in [0.2, 0.25) is 0 Å². The molecule has 1 N–H and O–H groups in total. The number of halogens is 1. The summed E-state index contributed by atoms with van der Waals surface area (Å²) in [5, 5.41) is 3.17. The monoisotopic (exact) mass is 461 g/mol. The number of amides is 1. The molecule has 1 amide bonds. The van der Waals surface area contributed by atoms with E-state index in [0.29, 0.717) is 6.61 Å². The molecule has 1 fully saturated rings. The van der Waals surface area contributed by atoms with Crippen LogP contribution in [0.5, 0.6) is 5.75 Å². The van der Waals surface area contributed by atoms with Gasteiger partial charge in [0.1, 0.15) is 18.2 Å². The number of aromatic nitrogens is 1. The molecule has 1 aliphatic rings. The Hall–Kier alpha value is -3.25. The molecule has 1 saturated heterocycles. The van der Waals surface area contributed by atoms with Crippen LogP contribution in [0.1, 0.15) is 44.0 Å². The average Bonchev–Trinajstić information content (AvgIpc) is 2.88. The maximum Gasteiger partial charge on any atom is 0.224 e. The molecule has 34 heavy (non-hydrogen) atoms. The highest BCUT2D eigenvalue weighted by atomic mass is 19.1. The number of carbonyl (C=O) groups excluding carboxylic acids is 1. The first-order valence-corrected chi connectivity index (χ1v) is 11.8. The van der Waals surface area contributed by atoms with E-state index in [9.17, 15) is 9.18 Å². The largest absolute Gasteiger partial charge is 0.492 e. The van der Waals surface area contributed by atoms with Crippen molar-refractivity contribution in [1.29, 1.82) is 0 Å². The number of nitrogens with one attached hydrogen (secondary N) is 1. The number of para-hydroxylation sites is 1. The van der Waals surface area contributed by atoms with Gasteiger partial charge in [-0.15, -0.1) is 0 Å². The Balaban J connectivity index is 1.36. The molecule has 178 valence electrons. The van der Waals surface area contributed by atoms with Gasteiger partial charge in [0.05, 0.1) is 11.7 Å². The summed E-state index contributed by atoms with van der Waals surface area (Å²) in [5.74, 6) is 0.499. The van der Waals surface area contributed by atoms with E-state index in [2.05, 4.69) is 29.0 Å². The van der Waals surface area contributed by atoms with E-state index >= 15 is 0 Å². The fourth-order valence-corrected chi connectivity index (χ4v) is 4.41. The van der Waals surface area contributed by atoms with Gasteiger partial charge in [-0.25, -0.2) is 4.39 Å². The smallest absolute Gasteiger partial charge is 0.224 e. The summed E-state index contributed by atoms with van der Waals surface area (Å²) >= 11 is 0. The first kappa shape index (κ1) is 23.9. The molecule has 3 aromatic rings. The zero-order valence-electron chi connectivity index (χ0n) is 19.8. The van der Waals surface area contributed by atoms with Gasteiger partial charge in [-0.05, 0) is 81.7 Å². The molecule has 1 aliphatic heterocycles. The molecule has 1 unspecified atom stereocenters. The van der Waals surface area contributed by atoms with Crippen LogP contribution in [0, 0.1) is 11.7 Å². The van der Waals surface area contributed by atoms with Gasteiger partial charge in [-0.1, -0.05) is 36.4 Å². The highest BCUT2D eigenvalue weighted by molar-refractivity contribution is 5.79. The molecule has 0 spiro atoms. The van der Waals surface area contributed by atoms with Crippen molar-refractivity contribution in [3.8, 4) is 5.75 Å². The maximum atomic E-state index is 13.5. The van der Waals surface area contributed by atoms with Crippen molar-refractivity contribution in [2.75, 3.05) is 19.7 Å². The molecule has 1 aromatic heterocycles. The first-order chi connectivity index (χ1) is 16.4. The number of hydrogen-bond donors (Lipinski definition) is 1. The van der Waals surface area contributed by atoms with Crippen molar-refractivity contribution in [2.45, 2.75) is 38.3 Å². The molecule has 0 aliphatic carbocycles. The van der Waals surface area contributed by atoms with Gasteiger partial charge in [0.2, 0.25) is 5.91 Å². The predicted octanol–water partition coefficient (Wildman–Crippen LogP) is 5.00. The summed E-state index contributed by atoms with van der Waals surface area (Å²) in [5.41, 5.74) is 1.41. The Labute approximate surface area is 201 Å². The normalized spacial score (nSPS) is 16.1. The molecule has 2 heterocycles. The van der Waals surface area contributed by atoms with Crippen LogP contribution in [0.4, 0.5) is 4.39 Å². The second kappa shape index (κ2) is 10.8. The quantitative estimate of drug-likeness (QED) is 0.513. The minimum atomic E-state index is -0.414. The van der Waals surface area contributed by atoms with Gasteiger partial charge in [-0.3, -0.25) is 14.7 Å². The van der Waals surface area contributed by atoms with Gasteiger partial charge >= 0.3 is 0 Å².